The molecule has 8 N–H and O–H groups in total. The van der Waals surface area contributed by atoms with Crippen molar-refractivity contribution >= 4 is 46.9 Å². The number of H-pyrrole nitrogens is 4. The number of carbonyl (C=O) groups is 4. The highest BCUT2D eigenvalue weighted by Gasteiger charge is 2.16. The number of amides is 4. The monoisotopic (exact) mass is 1260 g/mol. The highest BCUT2D eigenvalue weighted by molar-refractivity contribution is 5.94. The second-order valence-corrected chi connectivity index (χ2v) is 20.2. The van der Waals surface area contributed by atoms with Crippen LogP contribution >= 0.6 is 0 Å². The number of pyridine rings is 4. The van der Waals surface area contributed by atoms with Crippen LogP contribution in [-0.4, -0.2) is 120 Å². The molecule has 25 heteroatoms. The van der Waals surface area contributed by atoms with Crippen LogP contribution in [0.25, 0.3) is 45.0 Å². The number of hydrogen-bond acceptors (Lipinski definition) is 17. The van der Waals surface area contributed by atoms with Gasteiger partial charge in [-0.1, -0.05) is 48.5 Å². The SMILES string of the molecule is COc1ccc(CC(=O)Nc2cc(-c3ccncc3)[nH]n2)cc1OC.COc1ccc(OC)c(CC(=O)Nc2cc(-c3ccncc3)[nH]n2)c1.COc1cccc(CC(=O)Nc2cc(-c3ccncc3)[nH]n2)c1.O=C(Cc1ccccc1)Nc1cc(-c2ccncc2)[nH]n1. The van der Waals surface area contributed by atoms with E-state index in [0.29, 0.717) is 52.7 Å². The lowest BCUT2D eigenvalue weighted by molar-refractivity contribution is -0.116. The van der Waals surface area contributed by atoms with E-state index in [0.717, 1.165) is 73.0 Å². The zero-order valence-electron chi connectivity index (χ0n) is 51.8. The Kier molecular flexibility index (Phi) is 23.5. The maximum Gasteiger partial charge on any atom is 0.230 e. The fourth-order valence-electron chi connectivity index (χ4n) is 9.13. The number of nitrogens with zero attached hydrogens (tertiary/aromatic N) is 8. The van der Waals surface area contributed by atoms with Crippen molar-refractivity contribution in [2.45, 2.75) is 25.7 Å². The first-order valence-electron chi connectivity index (χ1n) is 29.1. The van der Waals surface area contributed by atoms with E-state index in [1.165, 1.54) is 0 Å². The van der Waals surface area contributed by atoms with Crippen LogP contribution < -0.4 is 45.0 Å². The fraction of sp³-hybridized carbons (Fsp3) is 0.130. The molecule has 8 heterocycles. The minimum Gasteiger partial charge on any atom is -0.497 e. The molecule has 0 fully saturated rings. The third-order valence-electron chi connectivity index (χ3n) is 13.7. The van der Waals surface area contributed by atoms with Gasteiger partial charge in [0.15, 0.2) is 34.8 Å². The summed E-state index contributed by atoms with van der Waals surface area (Å²) in [6.45, 7) is 0. The van der Waals surface area contributed by atoms with Crippen LogP contribution in [0.2, 0.25) is 0 Å². The largest absolute Gasteiger partial charge is 0.497 e. The average molecular weight is 1260 g/mol. The fourth-order valence-corrected chi connectivity index (χ4v) is 9.13. The third-order valence-corrected chi connectivity index (χ3v) is 13.7. The van der Waals surface area contributed by atoms with E-state index in [1.54, 1.807) is 140 Å². The van der Waals surface area contributed by atoms with Crippen LogP contribution in [0.4, 0.5) is 23.3 Å². The zero-order valence-corrected chi connectivity index (χ0v) is 51.8. The Morgan fingerprint density at radius 3 is 1.06 bits per heavy atom. The first kappa shape index (κ1) is 65.6. The zero-order chi connectivity index (χ0) is 65.9. The molecule has 0 saturated carbocycles. The predicted molar refractivity (Wildman–Crippen MR) is 355 cm³/mol. The molecule has 94 heavy (non-hydrogen) atoms. The summed E-state index contributed by atoms with van der Waals surface area (Å²) in [5, 5.41) is 39.1. The molecule has 12 rings (SSSR count). The molecule has 0 aliphatic rings. The van der Waals surface area contributed by atoms with Gasteiger partial charge < -0.3 is 45.0 Å². The van der Waals surface area contributed by atoms with Crippen molar-refractivity contribution in [2.75, 3.05) is 56.8 Å². The topological polar surface area (TPSA) is 329 Å². The number of hydrogen-bond donors (Lipinski definition) is 8. The standard InChI is InChI=1S/2C18H18N4O3.C17H16N4O2.C16H14N4O/c1-24-14-3-4-16(25-2)13(9-14)10-18(23)20-17-11-15(21-22-17)12-5-7-19-8-6-12;1-24-15-4-3-12(9-16(15)25-2)10-18(23)20-17-11-14(21-22-17)13-5-7-19-8-6-13;1-23-14-4-2-3-12(9-14)10-17(22)19-16-11-15(20-21-16)13-5-7-18-8-6-13;21-16(10-12-4-2-1-3-5-12)18-15-11-14(19-20-15)13-6-8-17-9-7-13/h2*3-9,11H,10H2,1-2H3,(H2,20,21,22,23);2-9,11H,10H2,1H3,(H2,19,20,21,22);1-9,11H,10H2,(H2,18,19,20,21). The van der Waals surface area contributed by atoms with Crippen LogP contribution in [-0.2, 0) is 44.9 Å². The van der Waals surface area contributed by atoms with Gasteiger partial charge in [-0.25, -0.2) is 0 Å². The van der Waals surface area contributed by atoms with Gasteiger partial charge in [0, 0.05) is 102 Å². The number of carbonyl (C=O) groups excluding carboxylic acids is 4. The molecule has 25 nitrogen and oxygen atoms in total. The van der Waals surface area contributed by atoms with Gasteiger partial charge in [-0.05, 0) is 108 Å². The summed E-state index contributed by atoms with van der Waals surface area (Å²) in [6.07, 6.45) is 14.6. The van der Waals surface area contributed by atoms with Crippen LogP contribution in [0.5, 0.6) is 28.7 Å². The van der Waals surface area contributed by atoms with E-state index in [-0.39, 0.29) is 42.9 Å². The van der Waals surface area contributed by atoms with Crippen LogP contribution in [0.1, 0.15) is 22.3 Å². The molecule has 0 aliphatic carbocycles. The van der Waals surface area contributed by atoms with E-state index < -0.39 is 0 Å². The molecule has 12 aromatic rings. The highest BCUT2D eigenvalue weighted by atomic mass is 16.5. The Hall–Kier alpha value is -12.8. The lowest BCUT2D eigenvalue weighted by atomic mass is 10.1. The van der Waals surface area contributed by atoms with E-state index >= 15 is 0 Å². The summed E-state index contributed by atoms with van der Waals surface area (Å²) in [5.74, 6) is 4.60. The minimum atomic E-state index is -0.195. The van der Waals surface area contributed by atoms with Crippen molar-refractivity contribution in [3.05, 3.63) is 236 Å². The van der Waals surface area contributed by atoms with Gasteiger partial charge in [0.05, 0.1) is 84.0 Å². The summed E-state index contributed by atoms with van der Waals surface area (Å²) in [7, 11) is 7.88. The van der Waals surface area contributed by atoms with Crippen LogP contribution in [0, 0.1) is 0 Å². The Labute approximate surface area is 540 Å². The molecule has 4 amide bonds. The number of ether oxygens (including phenoxy) is 5. The van der Waals surface area contributed by atoms with Gasteiger partial charge in [-0.3, -0.25) is 59.5 Å². The average Bonchev–Trinajstić information content (AvgIpc) is 1.72. The smallest absolute Gasteiger partial charge is 0.230 e. The molecule has 0 unspecified atom stereocenters. The minimum absolute atomic E-state index is 0.0889. The molecule has 0 bridgehead atoms. The number of rotatable bonds is 21. The Balaban J connectivity index is 0.000000148. The van der Waals surface area contributed by atoms with Gasteiger partial charge in [-0.15, -0.1) is 0 Å². The second-order valence-electron chi connectivity index (χ2n) is 20.2. The van der Waals surface area contributed by atoms with Gasteiger partial charge in [-0.2, -0.15) is 20.4 Å². The second kappa shape index (κ2) is 33.7. The molecule has 0 aliphatic heterocycles. The van der Waals surface area contributed by atoms with E-state index in [2.05, 4.69) is 82.0 Å². The highest BCUT2D eigenvalue weighted by Crippen LogP contribution is 2.29. The van der Waals surface area contributed by atoms with Gasteiger partial charge >= 0.3 is 0 Å². The first-order valence-corrected chi connectivity index (χ1v) is 29.1. The summed E-state index contributed by atoms with van der Waals surface area (Å²) < 4.78 is 26.1. The van der Waals surface area contributed by atoms with Crippen molar-refractivity contribution in [2.24, 2.45) is 0 Å². The molecule has 476 valence electrons. The molecule has 8 aromatic heterocycles. The summed E-state index contributed by atoms with van der Waals surface area (Å²) in [4.78, 5) is 64.5. The number of anilines is 4. The molecule has 0 spiro atoms. The van der Waals surface area contributed by atoms with Crippen molar-refractivity contribution in [1.29, 1.82) is 0 Å². The number of benzene rings is 4. The molecule has 0 atom stereocenters. The van der Waals surface area contributed by atoms with Gasteiger partial charge in [0.25, 0.3) is 0 Å². The molecule has 0 radical (unpaired) electrons. The number of nitrogens with one attached hydrogen (secondary N) is 8. The molecule has 0 saturated heterocycles. The number of aromatic nitrogens is 12. The van der Waals surface area contributed by atoms with Crippen molar-refractivity contribution in [3.8, 4) is 73.8 Å². The lowest BCUT2D eigenvalue weighted by Crippen LogP contribution is -2.15. The predicted octanol–water partition coefficient (Wildman–Crippen LogP) is 10.7. The summed E-state index contributed by atoms with van der Waals surface area (Å²) in [6, 6.07) is 49.9. The van der Waals surface area contributed by atoms with Crippen molar-refractivity contribution < 1.29 is 42.9 Å². The maximum atomic E-state index is 12.3. The Bertz CT molecular complexity index is 4360. The summed E-state index contributed by atoms with van der Waals surface area (Å²) in [5.41, 5.74) is 10.5. The van der Waals surface area contributed by atoms with Gasteiger partial charge in [0.1, 0.15) is 17.2 Å². The van der Waals surface area contributed by atoms with Crippen LogP contribution in [0.15, 0.2) is 213 Å². The van der Waals surface area contributed by atoms with E-state index in [9.17, 15) is 19.2 Å². The van der Waals surface area contributed by atoms with Gasteiger partial charge in [0.2, 0.25) is 23.6 Å². The van der Waals surface area contributed by atoms with Crippen LogP contribution in [0.3, 0.4) is 0 Å². The quantitative estimate of drug-likeness (QED) is 0.0331. The van der Waals surface area contributed by atoms with Crippen molar-refractivity contribution in [3.63, 3.8) is 0 Å². The lowest BCUT2D eigenvalue weighted by Gasteiger charge is -2.10. The number of methoxy groups -OCH3 is 5. The maximum absolute atomic E-state index is 12.3. The van der Waals surface area contributed by atoms with E-state index in [4.69, 9.17) is 23.7 Å². The Morgan fingerprint density at radius 2 is 0.670 bits per heavy atom. The van der Waals surface area contributed by atoms with E-state index in [1.807, 2.05) is 109 Å². The third kappa shape index (κ3) is 19.6. The Morgan fingerprint density at radius 1 is 0.319 bits per heavy atom. The first-order chi connectivity index (χ1) is 45.9. The molecular formula is C69H66N16O9. The molecule has 4 aromatic carbocycles. The normalized spacial score (nSPS) is 10.3. The van der Waals surface area contributed by atoms with Crippen molar-refractivity contribution in [1.82, 2.24) is 60.7 Å². The summed E-state index contributed by atoms with van der Waals surface area (Å²) >= 11 is 0. The number of aromatic amines is 4. The molecular weight excluding hydrogens is 1200 g/mol.